The summed E-state index contributed by atoms with van der Waals surface area (Å²) < 4.78 is 28.0. The summed E-state index contributed by atoms with van der Waals surface area (Å²) in [5, 5.41) is 3.34. The van der Waals surface area contributed by atoms with Crippen molar-refractivity contribution in [1.82, 2.24) is 10.2 Å². The summed E-state index contributed by atoms with van der Waals surface area (Å²) in [6.45, 7) is 7.32. The van der Waals surface area contributed by atoms with E-state index in [1.54, 1.807) is 12.1 Å². The highest BCUT2D eigenvalue weighted by atomic mass is 35.5. The first-order valence-corrected chi connectivity index (χ1v) is 12.9. The molecule has 2 aromatic rings. The van der Waals surface area contributed by atoms with Crippen LogP contribution in [0.1, 0.15) is 36.8 Å². The number of rotatable bonds is 9. The van der Waals surface area contributed by atoms with Crippen molar-refractivity contribution in [1.29, 1.82) is 0 Å². The van der Waals surface area contributed by atoms with Gasteiger partial charge in [0.15, 0.2) is 0 Å². The number of carbonyl (C=O) groups excluding carboxylic acids is 1. The Morgan fingerprint density at radius 3 is 2.38 bits per heavy atom. The van der Waals surface area contributed by atoms with Gasteiger partial charge in [0.1, 0.15) is 6.54 Å². The monoisotopic (exact) mass is 477 g/mol. The lowest BCUT2D eigenvalue weighted by atomic mass is 10.1. The molecule has 1 aliphatic heterocycles. The molecule has 0 aliphatic carbocycles. The third kappa shape index (κ3) is 6.47. The minimum Gasteiger partial charge on any atom is -0.354 e. The molecule has 1 heterocycles. The van der Waals surface area contributed by atoms with Crippen LogP contribution < -0.4 is 9.62 Å². The minimum atomic E-state index is -3.94. The molecule has 8 heteroatoms. The van der Waals surface area contributed by atoms with Gasteiger partial charge in [0, 0.05) is 11.6 Å². The van der Waals surface area contributed by atoms with Crippen molar-refractivity contribution in [3.8, 4) is 0 Å². The van der Waals surface area contributed by atoms with Crippen molar-refractivity contribution in [3.63, 3.8) is 0 Å². The SMILES string of the molecule is Cc1ccc(N(CC(=O)NCCCN2CCCCC2)S(=O)(=O)c2ccc(Cl)cc2)cc1C. The molecule has 0 bridgehead atoms. The summed E-state index contributed by atoms with van der Waals surface area (Å²) in [4.78, 5) is 15.2. The normalized spacial score (nSPS) is 14.8. The Hall–Kier alpha value is -2.09. The van der Waals surface area contributed by atoms with Crippen molar-refractivity contribution in [3.05, 3.63) is 58.6 Å². The van der Waals surface area contributed by atoms with Gasteiger partial charge in [-0.05, 0) is 100 Å². The fourth-order valence-electron chi connectivity index (χ4n) is 3.83. The second-order valence-corrected chi connectivity index (χ2v) is 10.6. The van der Waals surface area contributed by atoms with Crippen LogP contribution in [0.4, 0.5) is 5.69 Å². The number of carbonyl (C=O) groups is 1. The van der Waals surface area contributed by atoms with E-state index in [-0.39, 0.29) is 17.3 Å². The second-order valence-electron chi connectivity index (χ2n) is 8.34. The molecule has 1 N–H and O–H groups in total. The van der Waals surface area contributed by atoms with Crippen LogP contribution in [0.15, 0.2) is 47.4 Å². The van der Waals surface area contributed by atoms with Crippen LogP contribution in [-0.4, -0.2) is 51.9 Å². The van der Waals surface area contributed by atoms with E-state index in [4.69, 9.17) is 11.6 Å². The number of hydrogen-bond donors (Lipinski definition) is 1. The van der Waals surface area contributed by atoms with Crippen molar-refractivity contribution < 1.29 is 13.2 Å². The molecule has 0 radical (unpaired) electrons. The summed E-state index contributed by atoms with van der Waals surface area (Å²) in [6.07, 6.45) is 4.61. The zero-order chi connectivity index (χ0) is 23.1. The van der Waals surface area contributed by atoms with Crippen LogP contribution in [0.2, 0.25) is 5.02 Å². The number of benzene rings is 2. The van der Waals surface area contributed by atoms with Gasteiger partial charge < -0.3 is 10.2 Å². The fourth-order valence-corrected chi connectivity index (χ4v) is 5.37. The van der Waals surface area contributed by atoms with E-state index in [0.29, 0.717) is 17.3 Å². The second kappa shape index (κ2) is 11.2. The van der Waals surface area contributed by atoms with Crippen molar-refractivity contribution in [2.45, 2.75) is 44.4 Å². The zero-order valence-electron chi connectivity index (χ0n) is 18.8. The fraction of sp³-hybridized carbons (Fsp3) is 0.458. The lowest BCUT2D eigenvalue weighted by Crippen LogP contribution is -2.41. The Bertz CT molecular complexity index is 1020. The Morgan fingerprint density at radius 1 is 1.03 bits per heavy atom. The van der Waals surface area contributed by atoms with Crippen LogP contribution in [0, 0.1) is 13.8 Å². The number of halogens is 1. The van der Waals surface area contributed by atoms with Gasteiger partial charge in [-0.1, -0.05) is 24.1 Å². The molecule has 0 atom stereocenters. The first kappa shape index (κ1) is 24.6. The van der Waals surface area contributed by atoms with Crippen LogP contribution in [-0.2, 0) is 14.8 Å². The number of hydrogen-bond acceptors (Lipinski definition) is 4. The van der Waals surface area contributed by atoms with Gasteiger partial charge in [0.25, 0.3) is 10.0 Å². The quantitative estimate of drug-likeness (QED) is 0.551. The average Bonchev–Trinajstić information content (AvgIpc) is 2.78. The predicted octanol–water partition coefficient (Wildman–Crippen LogP) is 4.14. The highest BCUT2D eigenvalue weighted by Crippen LogP contribution is 2.26. The predicted molar refractivity (Wildman–Crippen MR) is 130 cm³/mol. The van der Waals surface area contributed by atoms with E-state index >= 15 is 0 Å². The Kier molecular flexibility index (Phi) is 8.57. The molecule has 6 nitrogen and oxygen atoms in total. The standard InChI is InChI=1S/C24H32ClN3O3S/c1-19-7-10-22(17-20(19)2)28(32(30,31)23-11-8-21(25)9-12-23)18-24(29)26-13-6-16-27-14-4-3-5-15-27/h7-12,17H,3-6,13-16,18H2,1-2H3,(H,26,29). The number of likely N-dealkylation sites (tertiary alicyclic amines) is 1. The molecular formula is C24H32ClN3O3S. The average molecular weight is 478 g/mol. The van der Waals surface area contributed by atoms with Crippen molar-refractivity contribution >= 4 is 33.2 Å². The molecule has 0 spiro atoms. The first-order chi connectivity index (χ1) is 15.3. The highest BCUT2D eigenvalue weighted by Gasteiger charge is 2.27. The van der Waals surface area contributed by atoms with E-state index in [0.717, 1.165) is 37.2 Å². The topological polar surface area (TPSA) is 69.7 Å². The number of nitrogens with one attached hydrogen (secondary N) is 1. The third-order valence-corrected chi connectivity index (χ3v) is 7.93. The molecule has 1 aliphatic rings. The molecular weight excluding hydrogens is 446 g/mol. The maximum Gasteiger partial charge on any atom is 0.264 e. The lowest BCUT2D eigenvalue weighted by Gasteiger charge is -2.26. The third-order valence-electron chi connectivity index (χ3n) is 5.89. The molecule has 0 aromatic heterocycles. The summed E-state index contributed by atoms with van der Waals surface area (Å²) >= 11 is 5.93. The Labute approximate surface area is 196 Å². The van der Waals surface area contributed by atoms with Crippen molar-refractivity contribution in [2.75, 3.05) is 37.0 Å². The van der Waals surface area contributed by atoms with Gasteiger partial charge in [-0.25, -0.2) is 8.42 Å². The molecule has 2 aromatic carbocycles. The van der Waals surface area contributed by atoms with Crippen LogP contribution in [0.5, 0.6) is 0 Å². The largest absolute Gasteiger partial charge is 0.354 e. The summed E-state index contributed by atoms with van der Waals surface area (Å²) in [5.74, 6) is -0.320. The Morgan fingerprint density at radius 2 is 1.72 bits per heavy atom. The van der Waals surface area contributed by atoms with Gasteiger partial charge in [-0.3, -0.25) is 9.10 Å². The summed E-state index contributed by atoms with van der Waals surface area (Å²) in [7, 11) is -3.94. The molecule has 0 unspecified atom stereocenters. The summed E-state index contributed by atoms with van der Waals surface area (Å²) in [6, 6.07) is 11.4. The summed E-state index contributed by atoms with van der Waals surface area (Å²) in [5.41, 5.74) is 2.48. The molecule has 1 saturated heterocycles. The minimum absolute atomic E-state index is 0.0954. The van der Waals surface area contributed by atoms with Gasteiger partial charge in [0.05, 0.1) is 10.6 Å². The Balaban J connectivity index is 1.71. The number of amides is 1. The highest BCUT2D eigenvalue weighted by molar-refractivity contribution is 7.92. The number of nitrogens with zero attached hydrogens (tertiary/aromatic N) is 2. The van der Waals surface area contributed by atoms with Gasteiger partial charge >= 0.3 is 0 Å². The van der Waals surface area contributed by atoms with E-state index < -0.39 is 10.0 Å². The molecule has 0 saturated carbocycles. The van der Waals surface area contributed by atoms with Crippen LogP contribution >= 0.6 is 11.6 Å². The van der Waals surface area contributed by atoms with E-state index in [9.17, 15) is 13.2 Å². The smallest absolute Gasteiger partial charge is 0.264 e. The van der Waals surface area contributed by atoms with Gasteiger partial charge in [0.2, 0.25) is 5.91 Å². The molecule has 1 fully saturated rings. The number of aryl methyl sites for hydroxylation is 2. The van der Waals surface area contributed by atoms with Gasteiger partial charge in [-0.15, -0.1) is 0 Å². The van der Waals surface area contributed by atoms with Crippen LogP contribution in [0.3, 0.4) is 0 Å². The first-order valence-electron chi connectivity index (χ1n) is 11.1. The number of piperidine rings is 1. The number of sulfonamides is 1. The van der Waals surface area contributed by atoms with Gasteiger partial charge in [-0.2, -0.15) is 0 Å². The van der Waals surface area contributed by atoms with Crippen LogP contribution in [0.25, 0.3) is 0 Å². The molecule has 3 rings (SSSR count). The molecule has 1 amide bonds. The zero-order valence-corrected chi connectivity index (χ0v) is 20.4. The van der Waals surface area contributed by atoms with E-state index in [1.807, 2.05) is 19.9 Å². The molecule has 174 valence electrons. The molecule has 32 heavy (non-hydrogen) atoms. The van der Waals surface area contributed by atoms with E-state index in [2.05, 4.69) is 10.2 Å². The van der Waals surface area contributed by atoms with E-state index in [1.165, 1.54) is 47.8 Å². The maximum absolute atomic E-state index is 13.4. The van der Waals surface area contributed by atoms with Crippen molar-refractivity contribution in [2.24, 2.45) is 0 Å². The lowest BCUT2D eigenvalue weighted by molar-refractivity contribution is -0.119. The number of anilines is 1. The maximum atomic E-state index is 13.4.